The van der Waals surface area contributed by atoms with E-state index in [0.29, 0.717) is 40.4 Å². The lowest BCUT2D eigenvalue weighted by atomic mass is 10.1. The third-order valence-electron chi connectivity index (χ3n) is 5.33. The van der Waals surface area contributed by atoms with Gasteiger partial charge in [-0.15, -0.1) is 10.2 Å². The van der Waals surface area contributed by atoms with Gasteiger partial charge in [0.25, 0.3) is 10.8 Å². The number of benzene rings is 1. The molecule has 0 aliphatic rings. The molecule has 1 aromatic carbocycles. The summed E-state index contributed by atoms with van der Waals surface area (Å²) in [6, 6.07) is 6.00. The molecule has 4 rings (SSSR count). The monoisotopic (exact) mass is 440 g/mol. The molecule has 9 nitrogen and oxygen atoms in total. The van der Waals surface area contributed by atoms with Crippen molar-refractivity contribution >= 4 is 22.9 Å². The molecule has 3 aromatic heterocycles. The highest BCUT2D eigenvalue weighted by Gasteiger charge is 2.18. The second kappa shape index (κ2) is 8.54. The van der Waals surface area contributed by atoms with Gasteiger partial charge in [-0.25, -0.2) is 9.78 Å². The first-order valence-corrected chi connectivity index (χ1v) is 11.1. The maximum atomic E-state index is 12.4. The Morgan fingerprint density at radius 3 is 2.71 bits per heavy atom. The molecule has 1 N–H and O–H groups in total. The fourth-order valence-corrected chi connectivity index (χ4v) is 4.08. The standard InChI is InChI=1S/C21H24N6O3S/c1-5-6-9-27-17-16(18(28)23-20(27)29)26(4)15(22-17)11-31-21-25-24-19(30-21)14-8-7-12(2)13(3)10-14/h7-8,10H,5-6,9,11H2,1-4H3,(H,23,28,29). The summed E-state index contributed by atoms with van der Waals surface area (Å²) in [6.07, 6.45) is 1.76. The number of aryl methyl sites for hydroxylation is 4. The minimum atomic E-state index is -0.436. The molecule has 162 valence electrons. The first-order chi connectivity index (χ1) is 14.9. The number of hydrogen-bond donors (Lipinski definition) is 1. The van der Waals surface area contributed by atoms with E-state index in [1.807, 2.05) is 32.0 Å². The van der Waals surface area contributed by atoms with Crippen LogP contribution in [0.4, 0.5) is 0 Å². The Morgan fingerprint density at radius 2 is 1.97 bits per heavy atom. The smallest absolute Gasteiger partial charge is 0.330 e. The van der Waals surface area contributed by atoms with Crippen LogP contribution in [0.15, 0.2) is 37.4 Å². The number of thioether (sulfide) groups is 1. The van der Waals surface area contributed by atoms with Crippen LogP contribution in [0.5, 0.6) is 0 Å². The van der Waals surface area contributed by atoms with Gasteiger partial charge >= 0.3 is 5.69 Å². The molecule has 0 atom stereocenters. The number of nitrogens with zero attached hydrogens (tertiary/aromatic N) is 5. The fraction of sp³-hybridized carbons (Fsp3) is 0.381. The molecule has 3 heterocycles. The van der Waals surface area contributed by atoms with Crippen molar-refractivity contribution in [1.82, 2.24) is 29.3 Å². The van der Waals surface area contributed by atoms with E-state index in [0.717, 1.165) is 24.0 Å². The van der Waals surface area contributed by atoms with Crippen LogP contribution >= 0.6 is 11.8 Å². The van der Waals surface area contributed by atoms with Gasteiger partial charge < -0.3 is 8.98 Å². The summed E-state index contributed by atoms with van der Waals surface area (Å²) in [5.74, 6) is 1.52. The van der Waals surface area contributed by atoms with Gasteiger partial charge in [0.2, 0.25) is 5.89 Å². The van der Waals surface area contributed by atoms with E-state index < -0.39 is 11.2 Å². The van der Waals surface area contributed by atoms with Crippen molar-refractivity contribution in [3.8, 4) is 11.5 Å². The first kappa shape index (κ1) is 21.1. The van der Waals surface area contributed by atoms with Crippen LogP contribution in [0.1, 0.15) is 36.7 Å². The average Bonchev–Trinajstić information content (AvgIpc) is 3.33. The van der Waals surface area contributed by atoms with Gasteiger partial charge in [0.05, 0.1) is 5.75 Å². The SMILES string of the molecule is CCCCn1c(=O)[nH]c(=O)c2c1nc(CSc1nnc(-c3ccc(C)c(C)c3)o1)n2C. The first-order valence-electron chi connectivity index (χ1n) is 10.1. The normalized spacial score (nSPS) is 11.5. The molecule has 0 fully saturated rings. The summed E-state index contributed by atoms with van der Waals surface area (Å²) in [7, 11) is 1.77. The highest BCUT2D eigenvalue weighted by atomic mass is 32.2. The van der Waals surface area contributed by atoms with Crippen LogP contribution in [0.2, 0.25) is 0 Å². The lowest BCUT2D eigenvalue weighted by molar-refractivity contribution is 0.465. The van der Waals surface area contributed by atoms with Crippen molar-refractivity contribution in [3.63, 3.8) is 0 Å². The van der Waals surface area contributed by atoms with Crippen molar-refractivity contribution in [2.75, 3.05) is 0 Å². The van der Waals surface area contributed by atoms with Crippen LogP contribution < -0.4 is 11.2 Å². The number of hydrogen-bond acceptors (Lipinski definition) is 7. The Bertz CT molecular complexity index is 1360. The minimum Gasteiger partial charge on any atom is -0.411 e. The van der Waals surface area contributed by atoms with E-state index in [9.17, 15) is 9.59 Å². The minimum absolute atomic E-state index is 0.382. The Labute approximate surface area is 182 Å². The van der Waals surface area contributed by atoms with E-state index in [1.165, 1.54) is 21.9 Å². The predicted molar refractivity (Wildman–Crippen MR) is 119 cm³/mol. The second-order valence-electron chi connectivity index (χ2n) is 7.48. The summed E-state index contributed by atoms with van der Waals surface area (Å²) in [5, 5.41) is 8.68. The zero-order valence-corrected chi connectivity index (χ0v) is 18.7. The molecule has 0 amide bonds. The van der Waals surface area contributed by atoms with E-state index >= 15 is 0 Å². The molecule has 0 radical (unpaired) electrons. The zero-order chi connectivity index (χ0) is 22.1. The average molecular weight is 441 g/mol. The summed E-state index contributed by atoms with van der Waals surface area (Å²) >= 11 is 1.34. The van der Waals surface area contributed by atoms with Gasteiger partial charge in [-0.05, 0) is 43.5 Å². The number of unbranched alkanes of at least 4 members (excludes halogenated alkanes) is 1. The molecule has 0 aliphatic carbocycles. The van der Waals surface area contributed by atoms with E-state index in [2.05, 4.69) is 27.1 Å². The lowest BCUT2D eigenvalue weighted by Crippen LogP contribution is -2.31. The highest BCUT2D eigenvalue weighted by molar-refractivity contribution is 7.98. The van der Waals surface area contributed by atoms with E-state index in [4.69, 9.17) is 4.42 Å². The summed E-state index contributed by atoms with van der Waals surface area (Å²) in [6.45, 7) is 6.65. The second-order valence-corrected chi connectivity index (χ2v) is 8.41. The van der Waals surface area contributed by atoms with Crippen LogP contribution in [0, 0.1) is 13.8 Å². The van der Waals surface area contributed by atoms with E-state index in [-0.39, 0.29) is 0 Å². The topological polar surface area (TPSA) is 112 Å². The van der Waals surface area contributed by atoms with Gasteiger partial charge in [-0.2, -0.15) is 0 Å². The Balaban J connectivity index is 1.60. The Hall–Kier alpha value is -3.14. The maximum absolute atomic E-state index is 12.4. The van der Waals surface area contributed by atoms with Crippen molar-refractivity contribution in [3.05, 3.63) is 56.0 Å². The number of rotatable bonds is 7. The van der Waals surface area contributed by atoms with Gasteiger partial charge in [0, 0.05) is 19.2 Å². The largest absolute Gasteiger partial charge is 0.411 e. The molecular weight excluding hydrogens is 416 g/mol. The van der Waals surface area contributed by atoms with Gasteiger partial charge in [0.15, 0.2) is 11.2 Å². The van der Waals surface area contributed by atoms with Crippen molar-refractivity contribution in [1.29, 1.82) is 0 Å². The molecular formula is C21H24N6O3S. The molecule has 4 aromatic rings. The fourth-order valence-electron chi connectivity index (χ4n) is 3.33. The lowest BCUT2D eigenvalue weighted by Gasteiger charge is -2.04. The molecule has 0 saturated heterocycles. The summed E-state index contributed by atoms with van der Waals surface area (Å²) in [4.78, 5) is 31.6. The van der Waals surface area contributed by atoms with Crippen LogP contribution in [-0.4, -0.2) is 29.3 Å². The summed E-state index contributed by atoms with van der Waals surface area (Å²) in [5.41, 5.74) is 3.15. The number of H-pyrrole nitrogens is 1. The Morgan fingerprint density at radius 1 is 1.16 bits per heavy atom. The quantitative estimate of drug-likeness (QED) is 0.439. The molecule has 0 unspecified atom stereocenters. The highest BCUT2D eigenvalue weighted by Crippen LogP contribution is 2.27. The van der Waals surface area contributed by atoms with Gasteiger partial charge in [-0.3, -0.25) is 14.3 Å². The van der Waals surface area contributed by atoms with Gasteiger partial charge in [0.1, 0.15) is 5.82 Å². The van der Waals surface area contributed by atoms with Crippen LogP contribution in [0.25, 0.3) is 22.6 Å². The van der Waals surface area contributed by atoms with E-state index in [1.54, 1.807) is 11.6 Å². The molecule has 0 aliphatic heterocycles. The van der Waals surface area contributed by atoms with Crippen LogP contribution in [0.3, 0.4) is 0 Å². The molecule has 0 bridgehead atoms. The molecule has 31 heavy (non-hydrogen) atoms. The number of fused-ring (bicyclic) bond motifs is 1. The molecule has 10 heteroatoms. The molecule has 0 saturated carbocycles. The molecule has 0 spiro atoms. The third kappa shape index (κ3) is 4.07. The van der Waals surface area contributed by atoms with Gasteiger partial charge in [-0.1, -0.05) is 31.2 Å². The Kier molecular flexibility index (Phi) is 5.81. The van der Waals surface area contributed by atoms with Crippen molar-refractivity contribution in [2.45, 2.75) is 51.1 Å². The summed E-state index contributed by atoms with van der Waals surface area (Å²) < 4.78 is 9.04. The predicted octanol–water partition coefficient (Wildman–Crippen LogP) is 3.18. The zero-order valence-electron chi connectivity index (χ0n) is 17.9. The number of aromatic amines is 1. The number of aromatic nitrogens is 6. The van der Waals surface area contributed by atoms with Crippen molar-refractivity contribution in [2.24, 2.45) is 7.05 Å². The number of nitrogens with one attached hydrogen (secondary N) is 1. The number of imidazole rings is 1. The van der Waals surface area contributed by atoms with Crippen LogP contribution in [-0.2, 0) is 19.3 Å². The maximum Gasteiger partial charge on any atom is 0.330 e. The third-order valence-corrected chi connectivity index (χ3v) is 6.14. The van der Waals surface area contributed by atoms with Crippen molar-refractivity contribution < 1.29 is 4.42 Å².